The van der Waals surface area contributed by atoms with E-state index in [0.717, 1.165) is 0 Å². The van der Waals surface area contributed by atoms with Gasteiger partial charge in [-0.15, -0.1) is 0 Å². The summed E-state index contributed by atoms with van der Waals surface area (Å²) < 4.78 is 74.1. The van der Waals surface area contributed by atoms with E-state index < -0.39 is 39.0 Å². The summed E-state index contributed by atoms with van der Waals surface area (Å²) in [6, 6.07) is 0.566. The van der Waals surface area contributed by atoms with Crippen LogP contribution in [0.5, 0.6) is 0 Å². The fourth-order valence-electron chi connectivity index (χ4n) is 2.48. The highest BCUT2D eigenvalue weighted by atomic mass is 32.2. The predicted octanol–water partition coefficient (Wildman–Crippen LogP) is 4.48. The number of fused-ring (bicyclic) bond motifs is 1. The standard InChI is InChI=1S/C17H17F4N3O2S/c1-16(2,3)27(25)24-11-5-4-6-12-14(11)23-15(26-12)9-7-13(17(19,20)21)22-8-10(9)18/h7-8H,4-6H2,1-3H3/b24-11+/t27-/m0/s1. The van der Waals surface area contributed by atoms with Gasteiger partial charge >= 0.3 is 6.18 Å². The Morgan fingerprint density at radius 1 is 1.22 bits per heavy atom. The molecule has 2 heterocycles. The molecule has 0 N–H and O–H groups in total. The minimum atomic E-state index is -4.72. The molecular formula is C17H17F4N3O2S. The fourth-order valence-corrected chi connectivity index (χ4v) is 3.13. The maximum Gasteiger partial charge on any atom is 0.433 e. The summed E-state index contributed by atoms with van der Waals surface area (Å²) >= 11 is 0. The Bertz CT molecular complexity index is 929. The van der Waals surface area contributed by atoms with Crippen LogP contribution in [0.1, 0.15) is 50.8 Å². The number of halogens is 4. The summed E-state index contributed by atoms with van der Waals surface area (Å²) in [6.45, 7) is 5.32. The minimum absolute atomic E-state index is 0.276. The van der Waals surface area contributed by atoms with E-state index in [1.165, 1.54) is 0 Å². The van der Waals surface area contributed by atoms with Crippen LogP contribution in [0.2, 0.25) is 0 Å². The Hall–Kier alpha value is -2.10. The number of nitrogens with zero attached hydrogens (tertiary/aromatic N) is 3. The SMILES string of the molecule is CC(C)(C)[S@](=O)/N=C1\CCCc2oc(-c3cc(C(F)(F)F)ncc3F)nc21. The third-order valence-electron chi connectivity index (χ3n) is 3.88. The van der Waals surface area contributed by atoms with Gasteiger partial charge in [-0.25, -0.2) is 18.6 Å². The zero-order chi connectivity index (χ0) is 20.0. The Balaban J connectivity index is 2.06. The number of alkyl halides is 3. The van der Waals surface area contributed by atoms with Gasteiger partial charge in [0.25, 0.3) is 0 Å². The molecule has 0 saturated heterocycles. The molecule has 0 amide bonds. The fraction of sp³-hybridized carbons (Fsp3) is 0.471. The van der Waals surface area contributed by atoms with Crippen LogP contribution in [0.25, 0.3) is 11.5 Å². The van der Waals surface area contributed by atoms with Crippen molar-refractivity contribution in [2.75, 3.05) is 0 Å². The van der Waals surface area contributed by atoms with E-state index in [0.29, 0.717) is 48.7 Å². The van der Waals surface area contributed by atoms with Gasteiger partial charge in [-0.2, -0.15) is 17.6 Å². The second-order valence-electron chi connectivity index (χ2n) is 7.09. The Morgan fingerprint density at radius 2 is 1.93 bits per heavy atom. The molecule has 1 aliphatic carbocycles. The van der Waals surface area contributed by atoms with Crippen molar-refractivity contribution in [3.8, 4) is 11.5 Å². The molecule has 3 rings (SSSR count). The molecule has 0 spiro atoms. The highest BCUT2D eigenvalue weighted by Crippen LogP contribution is 2.34. The van der Waals surface area contributed by atoms with Crippen LogP contribution < -0.4 is 0 Å². The second kappa shape index (κ2) is 6.81. The normalized spacial score (nSPS) is 17.8. The number of aromatic nitrogens is 2. The molecule has 10 heteroatoms. The lowest BCUT2D eigenvalue weighted by Crippen LogP contribution is -2.22. The molecule has 5 nitrogen and oxygen atoms in total. The van der Waals surface area contributed by atoms with Gasteiger partial charge in [-0.1, -0.05) is 0 Å². The molecule has 27 heavy (non-hydrogen) atoms. The quantitative estimate of drug-likeness (QED) is 0.694. The van der Waals surface area contributed by atoms with Gasteiger partial charge in [0.2, 0.25) is 5.89 Å². The molecule has 1 aliphatic rings. The van der Waals surface area contributed by atoms with Crippen LogP contribution in [0, 0.1) is 5.82 Å². The Labute approximate surface area is 155 Å². The lowest BCUT2D eigenvalue weighted by Gasteiger charge is -2.16. The van der Waals surface area contributed by atoms with Crippen molar-refractivity contribution in [2.24, 2.45) is 4.40 Å². The Morgan fingerprint density at radius 3 is 2.56 bits per heavy atom. The van der Waals surface area contributed by atoms with Gasteiger partial charge in [-0.3, -0.25) is 0 Å². The summed E-state index contributed by atoms with van der Waals surface area (Å²) in [5.74, 6) is -0.856. The largest absolute Gasteiger partial charge is 0.440 e. The zero-order valence-electron chi connectivity index (χ0n) is 14.9. The molecular weight excluding hydrogens is 386 g/mol. The van der Waals surface area contributed by atoms with Crippen molar-refractivity contribution >= 4 is 16.7 Å². The van der Waals surface area contributed by atoms with E-state index in [4.69, 9.17) is 4.42 Å². The highest BCUT2D eigenvalue weighted by molar-refractivity contribution is 7.85. The van der Waals surface area contributed by atoms with E-state index >= 15 is 0 Å². The van der Waals surface area contributed by atoms with Gasteiger partial charge in [-0.05, 0) is 39.7 Å². The molecule has 0 aromatic carbocycles. The molecule has 1 atom stereocenters. The van der Waals surface area contributed by atoms with Crippen molar-refractivity contribution in [1.29, 1.82) is 0 Å². The van der Waals surface area contributed by atoms with Crippen molar-refractivity contribution < 1.29 is 26.2 Å². The summed E-state index contributed by atoms with van der Waals surface area (Å²) in [6.07, 6.45) is -2.57. The van der Waals surface area contributed by atoms with E-state index in [2.05, 4.69) is 14.4 Å². The van der Waals surface area contributed by atoms with Gasteiger partial charge in [0, 0.05) is 6.42 Å². The topological polar surface area (TPSA) is 68.3 Å². The Kier molecular flexibility index (Phi) is 4.96. The smallest absolute Gasteiger partial charge is 0.433 e. The number of rotatable bonds is 2. The van der Waals surface area contributed by atoms with Gasteiger partial charge in [0.1, 0.15) is 28.1 Å². The second-order valence-corrected chi connectivity index (χ2v) is 9.00. The molecule has 0 bridgehead atoms. The number of hydrogen-bond donors (Lipinski definition) is 0. The first kappa shape index (κ1) is 19.7. The third kappa shape index (κ3) is 4.10. The molecule has 146 valence electrons. The highest BCUT2D eigenvalue weighted by Gasteiger charge is 2.34. The third-order valence-corrected chi connectivity index (χ3v) is 5.32. The summed E-state index contributed by atoms with van der Waals surface area (Å²) in [7, 11) is -1.52. The maximum absolute atomic E-state index is 14.1. The van der Waals surface area contributed by atoms with Crippen molar-refractivity contribution in [1.82, 2.24) is 9.97 Å². The first-order valence-corrected chi connectivity index (χ1v) is 9.30. The van der Waals surface area contributed by atoms with Crippen LogP contribution in [0.15, 0.2) is 21.1 Å². The zero-order valence-corrected chi connectivity index (χ0v) is 15.7. The van der Waals surface area contributed by atoms with Crippen molar-refractivity contribution in [3.63, 3.8) is 0 Å². The number of pyridine rings is 1. The lowest BCUT2D eigenvalue weighted by molar-refractivity contribution is -0.141. The van der Waals surface area contributed by atoms with Gasteiger partial charge in [0.15, 0.2) is 5.82 Å². The molecule has 2 aromatic rings. The van der Waals surface area contributed by atoms with Crippen LogP contribution in [-0.4, -0.2) is 24.6 Å². The summed E-state index contributed by atoms with van der Waals surface area (Å²) in [5, 5.41) is 0. The maximum atomic E-state index is 14.1. The van der Waals surface area contributed by atoms with E-state index in [1.807, 2.05) is 0 Å². The van der Waals surface area contributed by atoms with E-state index in [-0.39, 0.29) is 5.89 Å². The van der Waals surface area contributed by atoms with Crippen LogP contribution >= 0.6 is 0 Å². The molecule has 0 saturated carbocycles. The molecule has 0 aliphatic heterocycles. The minimum Gasteiger partial charge on any atom is -0.440 e. The lowest BCUT2D eigenvalue weighted by atomic mass is 10.0. The van der Waals surface area contributed by atoms with Gasteiger partial charge < -0.3 is 4.42 Å². The van der Waals surface area contributed by atoms with Crippen LogP contribution in [0.4, 0.5) is 17.6 Å². The first-order chi connectivity index (χ1) is 12.5. The van der Waals surface area contributed by atoms with E-state index in [1.54, 1.807) is 20.8 Å². The van der Waals surface area contributed by atoms with Crippen LogP contribution in [-0.2, 0) is 23.6 Å². The summed E-state index contributed by atoms with van der Waals surface area (Å²) in [5.41, 5.74) is -0.899. The van der Waals surface area contributed by atoms with Crippen molar-refractivity contribution in [3.05, 3.63) is 35.2 Å². The molecule has 0 fully saturated rings. The van der Waals surface area contributed by atoms with Crippen molar-refractivity contribution in [2.45, 2.75) is 51.0 Å². The molecule has 2 aromatic heterocycles. The molecule has 0 unspecified atom stereocenters. The van der Waals surface area contributed by atoms with E-state index in [9.17, 15) is 21.8 Å². The first-order valence-electron chi connectivity index (χ1n) is 8.19. The average Bonchev–Trinajstić information content (AvgIpc) is 2.98. The predicted molar refractivity (Wildman–Crippen MR) is 92.1 cm³/mol. The molecule has 0 radical (unpaired) electrons. The number of aryl methyl sites for hydroxylation is 1. The summed E-state index contributed by atoms with van der Waals surface area (Å²) in [4.78, 5) is 7.22. The number of hydrogen-bond acceptors (Lipinski definition) is 4. The average molecular weight is 403 g/mol. The number of oxazole rings is 1. The monoisotopic (exact) mass is 403 g/mol. The van der Waals surface area contributed by atoms with Crippen LogP contribution in [0.3, 0.4) is 0 Å². The van der Waals surface area contributed by atoms with Gasteiger partial charge in [0.05, 0.1) is 22.2 Å².